The Bertz CT molecular complexity index is 845. The van der Waals surface area contributed by atoms with Crippen molar-refractivity contribution in [3.05, 3.63) is 71.0 Å². The smallest absolute Gasteiger partial charge is 0.255 e. The predicted octanol–water partition coefficient (Wildman–Crippen LogP) is 4.41. The highest BCUT2D eigenvalue weighted by Crippen LogP contribution is 2.21. The van der Waals surface area contributed by atoms with Gasteiger partial charge >= 0.3 is 0 Å². The lowest BCUT2D eigenvalue weighted by Gasteiger charge is -2.12. The summed E-state index contributed by atoms with van der Waals surface area (Å²) in [7, 11) is 0. The lowest BCUT2D eigenvalue weighted by molar-refractivity contribution is 0.102. The van der Waals surface area contributed by atoms with E-state index in [2.05, 4.69) is 10.3 Å². The van der Waals surface area contributed by atoms with Crippen LogP contribution in [0, 0.1) is 20.8 Å². The van der Waals surface area contributed by atoms with Crippen molar-refractivity contribution in [2.45, 2.75) is 20.8 Å². The Morgan fingerprint density at radius 1 is 0.955 bits per heavy atom. The van der Waals surface area contributed by atoms with Crippen LogP contribution >= 0.6 is 0 Å². The first-order valence-electron chi connectivity index (χ1n) is 7.29. The highest BCUT2D eigenvalue weighted by atomic mass is 16.1. The van der Waals surface area contributed by atoms with Crippen LogP contribution < -0.4 is 5.32 Å². The summed E-state index contributed by atoms with van der Waals surface area (Å²) in [5.41, 5.74) is 4.27. The first-order chi connectivity index (χ1) is 10.5. The number of carbonyl (C=O) groups is 1. The van der Waals surface area contributed by atoms with Gasteiger partial charge in [-0.25, -0.2) is 0 Å². The van der Waals surface area contributed by atoms with E-state index in [-0.39, 0.29) is 5.91 Å². The van der Waals surface area contributed by atoms with Crippen LogP contribution in [-0.4, -0.2) is 10.9 Å². The third-order valence-corrected chi connectivity index (χ3v) is 3.78. The summed E-state index contributed by atoms with van der Waals surface area (Å²) in [6, 6.07) is 15.7. The topological polar surface area (TPSA) is 42.0 Å². The number of pyridine rings is 1. The molecule has 0 spiro atoms. The van der Waals surface area contributed by atoms with Gasteiger partial charge in [0.2, 0.25) is 0 Å². The first-order valence-corrected chi connectivity index (χ1v) is 7.29. The summed E-state index contributed by atoms with van der Waals surface area (Å²) >= 11 is 0. The predicted molar refractivity (Wildman–Crippen MR) is 90.3 cm³/mol. The number of rotatable bonds is 2. The maximum absolute atomic E-state index is 12.5. The van der Waals surface area contributed by atoms with Gasteiger partial charge in [0, 0.05) is 11.3 Å². The zero-order valence-electron chi connectivity index (χ0n) is 13.0. The quantitative estimate of drug-likeness (QED) is 0.759. The van der Waals surface area contributed by atoms with Crippen LogP contribution in [0.3, 0.4) is 0 Å². The van der Waals surface area contributed by atoms with E-state index in [1.165, 1.54) is 0 Å². The van der Waals surface area contributed by atoms with Crippen molar-refractivity contribution >= 4 is 22.4 Å². The van der Waals surface area contributed by atoms with Gasteiger partial charge in [-0.1, -0.05) is 30.3 Å². The van der Waals surface area contributed by atoms with Crippen molar-refractivity contribution in [2.75, 3.05) is 5.32 Å². The SMILES string of the molecule is Cc1cc(C)c(NC(=O)c2ccc3ccccc3c2)c(C)n1. The highest BCUT2D eigenvalue weighted by Gasteiger charge is 2.11. The minimum atomic E-state index is -0.109. The van der Waals surface area contributed by atoms with Gasteiger partial charge in [-0.05, 0) is 55.3 Å². The van der Waals surface area contributed by atoms with E-state index in [1.54, 1.807) is 0 Å². The molecule has 0 atom stereocenters. The van der Waals surface area contributed by atoms with Crippen LogP contribution in [0.1, 0.15) is 27.3 Å². The Labute approximate surface area is 130 Å². The molecule has 3 nitrogen and oxygen atoms in total. The number of aryl methyl sites for hydroxylation is 3. The van der Waals surface area contributed by atoms with Crippen LogP contribution in [0.25, 0.3) is 10.8 Å². The molecule has 0 aliphatic rings. The van der Waals surface area contributed by atoms with Crippen LogP contribution in [0.5, 0.6) is 0 Å². The number of carbonyl (C=O) groups excluding carboxylic acids is 1. The summed E-state index contributed by atoms with van der Waals surface area (Å²) in [6.45, 7) is 5.85. The molecule has 2 aromatic carbocycles. The van der Waals surface area contributed by atoms with Gasteiger partial charge in [-0.15, -0.1) is 0 Å². The fraction of sp³-hybridized carbons (Fsp3) is 0.158. The molecule has 0 aliphatic heterocycles. The number of nitrogens with zero attached hydrogens (tertiary/aromatic N) is 1. The third-order valence-electron chi connectivity index (χ3n) is 3.78. The molecule has 0 radical (unpaired) electrons. The van der Waals surface area contributed by atoms with Crippen LogP contribution in [0.4, 0.5) is 5.69 Å². The van der Waals surface area contributed by atoms with Crippen molar-refractivity contribution < 1.29 is 4.79 Å². The zero-order chi connectivity index (χ0) is 15.7. The average molecular weight is 290 g/mol. The summed E-state index contributed by atoms with van der Waals surface area (Å²) in [5, 5.41) is 5.17. The largest absolute Gasteiger partial charge is 0.320 e. The number of hydrogen-bond donors (Lipinski definition) is 1. The molecule has 1 N–H and O–H groups in total. The van der Waals surface area contributed by atoms with Crippen molar-refractivity contribution in [3.8, 4) is 0 Å². The highest BCUT2D eigenvalue weighted by molar-refractivity contribution is 6.07. The molecule has 1 amide bonds. The second-order valence-corrected chi connectivity index (χ2v) is 5.56. The summed E-state index contributed by atoms with van der Waals surface area (Å²) in [6.07, 6.45) is 0. The molecule has 110 valence electrons. The van der Waals surface area contributed by atoms with E-state index >= 15 is 0 Å². The molecule has 22 heavy (non-hydrogen) atoms. The molecule has 0 saturated heterocycles. The normalized spacial score (nSPS) is 10.7. The summed E-state index contributed by atoms with van der Waals surface area (Å²) in [5.74, 6) is -0.109. The second-order valence-electron chi connectivity index (χ2n) is 5.56. The van der Waals surface area contributed by atoms with E-state index in [4.69, 9.17) is 0 Å². The molecule has 1 aromatic heterocycles. The lowest BCUT2D eigenvalue weighted by Crippen LogP contribution is -2.14. The van der Waals surface area contributed by atoms with Gasteiger partial charge in [0.05, 0.1) is 11.4 Å². The number of nitrogens with one attached hydrogen (secondary N) is 1. The molecule has 3 rings (SSSR count). The van der Waals surface area contributed by atoms with Gasteiger partial charge in [-0.3, -0.25) is 9.78 Å². The van der Waals surface area contributed by atoms with E-state index < -0.39 is 0 Å². The summed E-state index contributed by atoms with van der Waals surface area (Å²) < 4.78 is 0. The number of aromatic nitrogens is 1. The Balaban J connectivity index is 1.93. The maximum atomic E-state index is 12.5. The standard InChI is InChI=1S/C19H18N2O/c1-12-10-13(2)20-14(3)18(12)21-19(22)17-9-8-15-6-4-5-7-16(15)11-17/h4-11H,1-3H3,(H,21,22). The second kappa shape index (κ2) is 5.60. The van der Waals surface area contributed by atoms with Gasteiger partial charge < -0.3 is 5.32 Å². The number of anilines is 1. The van der Waals surface area contributed by atoms with E-state index in [0.29, 0.717) is 5.56 Å². The number of benzene rings is 2. The Kier molecular flexibility index (Phi) is 3.63. The maximum Gasteiger partial charge on any atom is 0.255 e. The minimum absolute atomic E-state index is 0.109. The molecular weight excluding hydrogens is 272 g/mol. The molecule has 0 saturated carbocycles. The molecule has 1 heterocycles. The van der Waals surface area contributed by atoms with Crippen molar-refractivity contribution in [3.63, 3.8) is 0 Å². The first kappa shape index (κ1) is 14.3. The van der Waals surface area contributed by atoms with Gasteiger partial charge in [0.25, 0.3) is 5.91 Å². The monoisotopic (exact) mass is 290 g/mol. The zero-order valence-corrected chi connectivity index (χ0v) is 13.0. The average Bonchev–Trinajstić information content (AvgIpc) is 2.50. The van der Waals surface area contributed by atoms with Crippen LogP contribution in [0.15, 0.2) is 48.5 Å². The number of hydrogen-bond acceptors (Lipinski definition) is 2. The molecule has 0 bridgehead atoms. The molecular formula is C19H18N2O. The number of amides is 1. The third kappa shape index (κ3) is 2.70. The van der Waals surface area contributed by atoms with Gasteiger partial charge in [-0.2, -0.15) is 0 Å². The fourth-order valence-corrected chi connectivity index (χ4v) is 2.73. The molecule has 3 aromatic rings. The van der Waals surface area contributed by atoms with Crippen LogP contribution in [-0.2, 0) is 0 Å². The Morgan fingerprint density at radius 3 is 2.41 bits per heavy atom. The Morgan fingerprint density at radius 2 is 1.68 bits per heavy atom. The minimum Gasteiger partial charge on any atom is -0.320 e. The van der Waals surface area contributed by atoms with E-state index in [1.807, 2.05) is 69.3 Å². The molecule has 0 aliphatic carbocycles. The molecule has 0 unspecified atom stereocenters. The van der Waals surface area contributed by atoms with Crippen molar-refractivity contribution in [1.29, 1.82) is 0 Å². The molecule has 3 heteroatoms. The number of fused-ring (bicyclic) bond motifs is 1. The van der Waals surface area contributed by atoms with Gasteiger partial charge in [0.1, 0.15) is 0 Å². The van der Waals surface area contributed by atoms with Crippen molar-refractivity contribution in [1.82, 2.24) is 4.98 Å². The molecule has 0 fully saturated rings. The fourth-order valence-electron chi connectivity index (χ4n) is 2.73. The van der Waals surface area contributed by atoms with E-state index in [0.717, 1.165) is 33.4 Å². The van der Waals surface area contributed by atoms with Gasteiger partial charge in [0.15, 0.2) is 0 Å². The van der Waals surface area contributed by atoms with Crippen molar-refractivity contribution in [2.24, 2.45) is 0 Å². The summed E-state index contributed by atoms with van der Waals surface area (Å²) in [4.78, 5) is 16.9. The van der Waals surface area contributed by atoms with Crippen LogP contribution in [0.2, 0.25) is 0 Å². The Hall–Kier alpha value is -2.68. The van der Waals surface area contributed by atoms with E-state index in [9.17, 15) is 4.79 Å². The lowest BCUT2D eigenvalue weighted by atomic mass is 10.1.